The minimum Gasteiger partial charge on any atom is -0.490 e. The van der Waals surface area contributed by atoms with Crippen LogP contribution in [0.25, 0.3) is 0 Å². The molecule has 2 aromatic carbocycles. The SMILES string of the molecule is CCN(c1ccccc1)S(=O)(=O)c1cc2c(cc1C)N(C)CCO2. The van der Waals surface area contributed by atoms with Crippen LogP contribution in [-0.2, 0) is 10.0 Å². The Kier molecular flexibility index (Phi) is 4.41. The Bertz CT molecular complexity index is 835. The molecular formula is C18H22N2O3S. The molecule has 1 aliphatic rings. The van der Waals surface area contributed by atoms with Gasteiger partial charge in [-0.05, 0) is 37.6 Å². The number of fused-ring (bicyclic) bond motifs is 1. The molecule has 1 aliphatic heterocycles. The van der Waals surface area contributed by atoms with Gasteiger partial charge in [0.1, 0.15) is 12.4 Å². The third kappa shape index (κ3) is 2.82. The van der Waals surface area contributed by atoms with E-state index >= 15 is 0 Å². The van der Waals surface area contributed by atoms with Crippen molar-refractivity contribution < 1.29 is 13.2 Å². The topological polar surface area (TPSA) is 49.9 Å². The largest absolute Gasteiger partial charge is 0.490 e. The van der Waals surface area contributed by atoms with E-state index in [4.69, 9.17) is 4.74 Å². The average molecular weight is 346 g/mol. The number of anilines is 2. The van der Waals surface area contributed by atoms with Crippen molar-refractivity contribution in [3.63, 3.8) is 0 Å². The summed E-state index contributed by atoms with van der Waals surface area (Å²) in [5.74, 6) is 0.622. The maximum absolute atomic E-state index is 13.2. The second-order valence-electron chi connectivity index (χ2n) is 5.86. The van der Waals surface area contributed by atoms with Crippen molar-refractivity contribution in [3.05, 3.63) is 48.0 Å². The van der Waals surface area contributed by atoms with Crippen LogP contribution in [-0.4, -0.2) is 35.2 Å². The van der Waals surface area contributed by atoms with E-state index in [-0.39, 0.29) is 0 Å². The second-order valence-corrected chi connectivity index (χ2v) is 7.69. The van der Waals surface area contributed by atoms with Crippen LogP contribution in [0.4, 0.5) is 11.4 Å². The molecule has 6 heteroatoms. The summed E-state index contributed by atoms with van der Waals surface area (Å²) < 4.78 is 33.5. The number of aryl methyl sites for hydroxylation is 1. The van der Waals surface area contributed by atoms with Crippen LogP contribution in [0.15, 0.2) is 47.4 Å². The Hall–Kier alpha value is -2.21. The Morgan fingerprint density at radius 1 is 1.21 bits per heavy atom. The van der Waals surface area contributed by atoms with Crippen molar-refractivity contribution in [2.24, 2.45) is 0 Å². The summed E-state index contributed by atoms with van der Waals surface area (Å²) in [6.45, 7) is 5.38. The number of benzene rings is 2. The maximum Gasteiger partial charge on any atom is 0.264 e. The number of rotatable bonds is 4. The molecule has 0 amide bonds. The molecule has 0 spiro atoms. The zero-order valence-corrected chi connectivity index (χ0v) is 15.0. The van der Waals surface area contributed by atoms with Gasteiger partial charge < -0.3 is 9.64 Å². The van der Waals surface area contributed by atoms with Crippen molar-refractivity contribution in [3.8, 4) is 5.75 Å². The zero-order valence-electron chi connectivity index (χ0n) is 14.2. The van der Waals surface area contributed by atoms with Crippen LogP contribution < -0.4 is 13.9 Å². The Morgan fingerprint density at radius 3 is 2.58 bits per heavy atom. The first-order valence-corrected chi connectivity index (χ1v) is 9.45. The fraction of sp³-hybridized carbons (Fsp3) is 0.333. The molecule has 3 rings (SSSR count). The van der Waals surface area contributed by atoms with Gasteiger partial charge in [0, 0.05) is 19.7 Å². The fourth-order valence-corrected chi connectivity index (χ4v) is 4.66. The number of nitrogens with zero attached hydrogens (tertiary/aromatic N) is 2. The number of para-hydroxylation sites is 1. The van der Waals surface area contributed by atoms with E-state index < -0.39 is 10.0 Å². The van der Waals surface area contributed by atoms with E-state index in [0.717, 1.165) is 17.8 Å². The third-order valence-corrected chi connectivity index (χ3v) is 6.30. The van der Waals surface area contributed by atoms with Gasteiger partial charge in [0.2, 0.25) is 0 Å². The van der Waals surface area contributed by atoms with Crippen molar-refractivity contribution in [2.75, 3.05) is 35.9 Å². The third-order valence-electron chi connectivity index (χ3n) is 4.25. The highest BCUT2D eigenvalue weighted by Gasteiger charge is 2.28. The van der Waals surface area contributed by atoms with Gasteiger partial charge in [0.15, 0.2) is 0 Å². The van der Waals surface area contributed by atoms with E-state index in [1.807, 2.05) is 45.2 Å². The predicted molar refractivity (Wildman–Crippen MR) is 96.6 cm³/mol. The highest BCUT2D eigenvalue weighted by atomic mass is 32.2. The number of ether oxygens (including phenoxy) is 1. The van der Waals surface area contributed by atoms with E-state index in [1.165, 1.54) is 4.31 Å². The Balaban J connectivity index is 2.10. The van der Waals surface area contributed by atoms with Gasteiger partial charge in [0.25, 0.3) is 10.0 Å². The lowest BCUT2D eigenvalue weighted by molar-refractivity contribution is 0.310. The Morgan fingerprint density at radius 2 is 1.92 bits per heavy atom. The van der Waals surface area contributed by atoms with E-state index in [2.05, 4.69) is 4.90 Å². The molecule has 0 radical (unpaired) electrons. The number of hydrogen-bond acceptors (Lipinski definition) is 4. The monoisotopic (exact) mass is 346 g/mol. The Labute approximate surface area is 143 Å². The fourth-order valence-electron chi connectivity index (χ4n) is 2.96. The molecule has 0 saturated heterocycles. The zero-order chi connectivity index (χ0) is 17.3. The summed E-state index contributed by atoms with van der Waals surface area (Å²) in [5.41, 5.74) is 2.32. The van der Waals surface area contributed by atoms with Crippen molar-refractivity contribution in [2.45, 2.75) is 18.7 Å². The predicted octanol–water partition coefficient (Wildman–Crippen LogP) is 3.04. The molecule has 2 aromatic rings. The molecule has 0 N–H and O–H groups in total. The van der Waals surface area contributed by atoms with Crippen LogP contribution >= 0.6 is 0 Å². The van der Waals surface area contributed by atoms with Crippen molar-refractivity contribution in [1.29, 1.82) is 0 Å². The molecule has 0 atom stereocenters. The quantitative estimate of drug-likeness (QED) is 0.854. The van der Waals surface area contributed by atoms with Gasteiger partial charge in [-0.1, -0.05) is 18.2 Å². The second kappa shape index (κ2) is 6.36. The maximum atomic E-state index is 13.2. The van der Waals surface area contributed by atoms with Gasteiger partial charge >= 0.3 is 0 Å². The molecule has 0 saturated carbocycles. The lowest BCUT2D eigenvalue weighted by Gasteiger charge is -2.30. The molecule has 1 heterocycles. The molecule has 0 fully saturated rings. The summed E-state index contributed by atoms with van der Waals surface area (Å²) in [6.07, 6.45) is 0. The average Bonchev–Trinajstić information content (AvgIpc) is 2.56. The van der Waals surface area contributed by atoms with Gasteiger partial charge in [-0.15, -0.1) is 0 Å². The highest BCUT2D eigenvalue weighted by Crippen LogP contribution is 2.36. The van der Waals surface area contributed by atoms with E-state index in [1.54, 1.807) is 18.2 Å². The first-order chi connectivity index (χ1) is 11.4. The smallest absolute Gasteiger partial charge is 0.264 e. The molecule has 128 valence electrons. The van der Waals surface area contributed by atoms with Crippen LogP contribution in [0.1, 0.15) is 12.5 Å². The lowest BCUT2D eigenvalue weighted by Crippen LogP contribution is -2.32. The standard InChI is InChI=1S/C18H22N2O3S/c1-4-20(15-8-6-5-7-9-15)24(21,22)18-13-17-16(12-14(18)2)19(3)10-11-23-17/h5-9,12-13H,4,10-11H2,1-3H3. The summed E-state index contributed by atoms with van der Waals surface area (Å²) >= 11 is 0. The van der Waals surface area contributed by atoms with Crippen molar-refractivity contribution in [1.82, 2.24) is 0 Å². The normalized spacial score (nSPS) is 14.0. The first-order valence-electron chi connectivity index (χ1n) is 8.01. The van der Waals surface area contributed by atoms with Crippen LogP contribution in [0, 0.1) is 6.92 Å². The molecule has 0 aliphatic carbocycles. The minimum absolute atomic E-state index is 0.294. The number of likely N-dealkylation sites (N-methyl/N-ethyl adjacent to an activating group) is 1. The molecule has 5 nitrogen and oxygen atoms in total. The molecule has 0 aromatic heterocycles. The molecule has 24 heavy (non-hydrogen) atoms. The highest BCUT2D eigenvalue weighted by molar-refractivity contribution is 7.92. The van der Waals surface area contributed by atoms with Gasteiger partial charge in [-0.2, -0.15) is 0 Å². The molecule has 0 unspecified atom stereocenters. The van der Waals surface area contributed by atoms with Crippen LogP contribution in [0.2, 0.25) is 0 Å². The van der Waals surface area contributed by atoms with Gasteiger partial charge in [-0.25, -0.2) is 8.42 Å². The van der Waals surface area contributed by atoms with E-state index in [0.29, 0.717) is 29.5 Å². The van der Waals surface area contributed by atoms with Crippen LogP contribution in [0.5, 0.6) is 5.75 Å². The van der Waals surface area contributed by atoms with Gasteiger partial charge in [-0.3, -0.25) is 4.31 Å². The molecule has 0 bridgehead atoms. The summed E-state index contributed by atoms with van der Waals surface area (Å²) in [6, 6.07) is 12.7. The lowest BCUT2D eigenvalue weighted by atomic mass is 10.1. The van der Waals surface area contributed by atoms with E-state index in [9.17, 15) is 8.42 Å². The minimum atomic E-state index is -3.65. The number of sulfonamides is 1. The summed E-state index contributed by atoms with van der Waals surface area (Å²) in [7, 11) is -1.67. The van der Waals surface area contributed by atoms with Crippen molar-refractivity contribution >= 4 is 21.4 Å². The molecular weight excluding hydrogens is 324 g/mol. The number of hydrogen-bond donors (Lipinski definition) is 0. The summed E-state index contributed by atoms with van der Waals surface area (Å²) in [5, 5.41) is 0. The van der Waals surface area contributed by atoms with Crippen LogP contribution in [0.3, 0.4) is 0 Å². The van der Waals surface area contributed by atoms with Gasteiger partial charge in [0.05, 0.1) is 22.8 Å². The first kappa shape index (κ1) is 16.6. The summed E-state index contributed by atoms with van der Waals surface area (Å²) in [4.78, 5) is 2.37.